The summed E-state index contributed by atoms with van der Waals surface area (Å²) in [7, 11) is 0.297. The van der Waals surface area contributed by atoms with Crippen LogP contribution in [0, 0.1) is 0 Å². The second-order valence-corrected chi connectivity index (χ2v) is 2.30. The van der Waals surface area contributed by atoms with Crippen molar-refractivity contribution in [3.63, 3.8) is 0 Å². The molecule has 1 unspecified atom stereocenters. The molecule has 1 heterocycles. The van der Waals surface area contributed by atoms with Crippen LogP contribution >= 0.6 is 0 Å². The number of rotatable bonds is 1. The monoisotopic (exact) mass is 143 g/mol. The van der Waals surface area contributed by atoms with Gasteiger partial charge in [0.25, 0.3) is 0 Å². The predicted octanol–water partition coefficient (Wildman–Crippen LogP) is -0.852. The lowest BCUT2D eigenvalue weighted by Crippen LogP contribution is -2.22. The maximum atomic E-state index is 8.72. The van der Waals surface area contributed by atoms with Gasteiger partial charge >= 0.3 is 7.12 Å². The summed E-state index contributed by atoms with van der Waals surface area (Å²) in [4.78, 5) is 5.06. The van der Waals surface area contributed by atoms with E-state index >= 15 is 0 Å². The summed E-state index contributed by atoms with van der Waals surface area (Å²) in [6.45, 7) is 1.76. The lowest BCUT2D eigenvalue weighted by atomic mass is 9.77. The summed E-state index contributed by atoms with van der Waals surface area (Å²) >= 11 is 0. The van der Waals surface area contributed by atoms with Crippen LogP contribution in [0.1, 0.15) is 6.92 Å². The average molecular weight is 143 g/mol. The van der Waals surface area contributed by atoms with Gasteiger partial charge in [0.05, 0.1) is 0 Å². The third-order valence-electron chi connectivity index (χ3n) is 1.42. The Hall–Kier alpha value is -0.515. The van der Waals surface area contributed by atoms with Gasteiger partial charge in [0.2, 0.25) is 0 Å². The first-order valence-corrected chi connectivity index (χ1v) is 3.08. The molecule has 0 aromatic carbocycles. The van der Waals surface area contributed by atoms with Gasteiger partial charge in [0.15, 0.2) is 0 Å². The predicted molar refractivity (Wildman–Crippen MR) is 36.6 cm³/mol. The summed E-state index contributed by atoms with van der Waals surface area (Å²) in [6.07, 6.45) is 1.33. The molecule has 10 heavy (non-hydrogen) atoms. The third kappa shape index (κ3) is 1.31. The van der Waals surface area contributed by atoms with Gasteiger partial charge in [-0.15, -0.1) is 0 Å². The lowest BCUT2D eigenvalue weighted by Gasteiger charge is -2.09. The number of hydroxylamine groups is 2. The summed E-state index contributed by atoms with van der Waals surface area (Å²) in [5.74, 6) is 0. The second kappa shape index (κ2) is 2.61. The van der Waals surface area contributed by atoms with Gasteiger partial charge in [-0.3, -0.25) is 9.90 Å². The Morgan fingerprint density at radius 1 is 1.70 bits per heavy atom. The van der Waals surface area contributed by atoms with E-state index in [-0.39, 0.29) is 6.10 Å². The Morgan fingerprint density at radius 2 is 2.30 bits per heavy atom. The highest BCUT2D eigenvalue weighted by Crippen LogP contribution is 2.16. The normalized spacial score (nSPS) is 25.0. The van der Waals surface area contributed by atoms with Crippen molar-refractivity contribution in [1.82, 2.24) is 5.06 Å². The molecule has 0 saturated heterocycles. The van der Waals surface area contributed by atoms with Crippen molar-refractivity contribution in [2.45, 2.75) is 13.0 Å². The highest BCUT2D eigenvalue weighted by molar-refractivity contribution is 6.51. The minimum atomic E-state index is -1.40. The topological polar surface area (TPSA) is 52.9 Å². The van der Waals surface area contributed by atoms with E-state index in [1.54, 1.807) is 20.2 Å². The van der Waals surface area contributed by atoms with Crippen LogP contribution in [0.5, 0.6) is 0 Å². The zero-order valence-electron chi connectivity index (χ0n) is 5.98. The maximum absolute atomic E-state index is 8.72. The largest absolute Gasteiger partial charge is 0.488 e. The molecule has 5 heteroatoms. The van der Waals surface area contributed by atoms with Crippen LogP contribution in [0.25, 0.3) is 0 Å². The van der Waals surface area contributed by atoms with E-state index in [1.807, 2.05) is 0 Å². The molecule has 4 nitrogen and oxygen atoms in total. The molecule has 1 aliphatic heterocycles. The van der Waals surface area contributed by atoms with Gasteiger partial charge in [-0.1, -0.05) is 0 Å². The average Bonchev–Trinajstić information content (AvgIpc) is 2.10. The molecule has 0 radical (unpaired) electrons. The zero-order valence-corrected chi connectivity index (χ0v) is 5.98. The molecule has 2 N–H and O–H groups in total. The Labute approximate surface area is 59.8 Å². The van der Waals surface area contributed by atoms with E-state index in [1.165, 1.54) is 5.06 Å². The van der Waals surface area contributed by atoms with Gasteiger partial charge in [0.1, 0.15) is 6.10 Å². The molecule has 0 aromatic heterocycles. The van der Waals surface area contributed by atoms with Gasteiger partial charge in [-0.25, -0.2) is 0 Å². The first-order chi connectivity index (χ1) is 4.61. The summed E-state index contributed by atoms with van der Waals surface area (Å²) < 4.78 is 0. The first kappa shape index (κ1) is 7.59. The Balaban J connectivity index is 2.65. The van der Waals surface area contributed by atoms with Crippen LogP contribution < -0.4 is 0 Å². The molecular weight excluding hydrogens is 133 g/mol. The molecule has 0 aromatic rings. The molecule has 0 spiro atoms. The van der Waals surface area contributed by atoms with E-state index in [4.69, 9.17) is 14.9 Å². The minimum Gasteiger partial charge on any atom is -0.423 e. The van der Waals surface area contributed by atoms with E-state index in [2.05, 4.69) is 0 Å². The molecule has 0 aliphatic carbocycles. The van der Waals surface area contributed by atoms with Gasteiger partial charge < -0.3 is 10.0 Å². The second-order valence-electron chi connectivity index (χ2n) is 2.30. The van der Waals surface area contributed by atoms with E-state index in [0.717, 1.165) is 0 Å². The fraction of sp³-hybridized carbons (Fsp3) is 0.600. The van der Waals surface area contributed by atoms with E-state index < -0.39 is 7.12 Å². The quantitative estimate of drug-likeness (QED) is 0.469. The summed E-state index contributed by atoms with van der Waals surface area (Å²) in [6, 6.07) is 0. The molecule has 0 fully saturated rings. The van der Waals surface area contributed by atoms with Crippen molar-refractivity contribution < 1.29 is 14.9 Å². The van der Waals surface area contributed by atoms with Crippen molar-refractivity contribution in [2.75, 3.05) is 7.05 Å². The molecule has 1 atom stereocenters. The minimum absolute atomic E-state index is 0.231. The zero-order chi connectivity index (χ0) is 7.72. The molecule has 0 amide bonds. The standard InChI is InChI=1S/C5H10BNO3/c1-4-5(6(8)9)3-7(2)10-4/h3-4,8-9H,1-2H3. The van der Waals surface area contributed by atoms with E-state index in [0.29, 0.717) is 5.47 Å². The number of nitrogens with zero attached hydrogens (tertiary/aromatic N) is 1. The molecule has 0 bridgehead atoms. The Morgan fingerprint density at radius 3 is 2.50 bits per heavy atom. The maximum Gasteiger partial charge on any atom is 0.488 e. The Kier molecular flexibility index (Phi) is 1.98. The van der Waals surface area contributed by atoms with Crippen molar-refractivity contribution in [3.05, 3.63) is 11.7 Å². The van der Waals surface area contributed by atoms with Crippen LogP contribution in [-0.2, 0) is 4.84 Å². The van der Waals surface area contributed by atoms with Crippen LogP contribution in [0.2, 0.25) is 0 Å². The van der Waals surface area contributed by atoms with Crippen LogP contribution in [0.4, 0.5) is 0 Å². The molecule has 0 saturated carbocycles. The molecule has 1 aliphatic rings. The van der Waals surface area contributed by atoms with Gasteiger partial charge in [0, 0.05) is 18.7 Å². The van der Waals surface area contributed by atoms with Crippen molar-refractivity contribution >= 4 is 7.12 Å². The van der Waals surface area contributed by atoms with Crippen molar-refractivity contribution in [3.8, 4) is 0 Å². The molecule has 56 valence electrons. The smallest absolute Gasteiger partial charge is 0.423 e. The van der Waals surface area contributed by atoms with Crippen molar-refractivity contribution in [1.29, 1.82) is 0 Å². The van der Waals surface area contributed by atoms with Gasteiger partial charge in [-0.05, 0) is 6.92 Å². The first-order valence-electron chi connectivity index (χ1n) is 3.08. The highest BCUT2D eigenvalue weighted by atomic mass is 16.7. The van der Waals surface area contributed by atoms with E-state index in [9.17, 15) is 0 Å². The highest BCUT2D eigenvalue weighted by Gasteiger charge is 2.27. The van der Waals surface area contributed by atoms with Crippen LogP contribution in [-0.4, -0.2) is 35.4 Å². The fourth-order valence-electron chi connectivity index (χ4n) is 0.932. The van der Waals surface area contributed by atoms with Gasteiger partial charge in [-0.2, -0.15) is 0 Å². The molecular formula is C5H10BNO3. The SMILES string of the molecule is CC1ON(C)C=C1B(O)O. The van der Waals surface area contributed by atoms with Crippen LogP contribution in [0.15, 0.2) is 11.7 Å². The number of hydrogen-bond donors (Lipinski definition) is 2. The van der Waals surface area contributed by atoms with Crippen LogP contribution in [0.3, 0.4) is 0 Å². The lowest BCUT2D eigenvalue weighted by molar-refractivity contribution is -0.105. The Bertz CT molecular complexity index is 159. The van der Waals surface area contributed by atoms with Crippen molar-refractivity contribution in [2.24, 2.45) is 0 Å². The molecule has 1 rings (SSSR count). The number of hydrogen-bond acceptors (Lipinski definition) is 4. The third-order valence-corrected chi connectivity index (χ3v) is 1.42. The fourth-order valence-corrected chi connectivity index (χ4v) is 0.932. The summed E-state index contributed by atoms with van der Waals surface area (Å²) in [5, 5.41) is 18.9. The summed E-state index contributed by atoms with van der Waals surface area (Å²) in [5.41, 5.74) is 0.488.